The SMILES string of the molecule is CC[C@H](CO)NC(=O)c1cc(Br)ccc1O. The second kappa shape index (κ2) is 5.86. The minimum Gasteiger partial charge on any atom is -0.507 e. The zero-order valence-electron chi connectivity index (χ0n) is 8.90. The van der Waals surface area contributed by atoms with E-state index in [0.717, 1.165) is 0 Å². The Balaban J connectivity index is 2.83. The van der Waals surface area contributed by atoms with Crippen LogP contribution < -0.4 is 5.32 Å². The van der Waals surface area contributed by atoms with Gasteiger partial charge in [0, 0.05) is 4.47 Å². The highest BCUT2D eigenvalue weighted by Gasteiger charge is 2.14. The van der Waals surface area contributed by atoms with E-state index in [9.17, 15) is 9.90 Å². The van der Waals surface area contributed by atoms with E-state index < -0.39 is 0 Å². The quantitative estimate of drug-likeness (QED) is 0.789. The molecule has 0 saturated carbocycles. The van der Waals surface area contributed by atoms with E-state index in [2.05, 4.69) is 21.2 Å². The van der Waals surface area contributed by atoms with Crippen LogP contribution in [-0.2, 0) is 0 Å². The van der Waals surface area contributed by atoms with Crippen molar-refractivity contribution in [2.75, 3.05) is 6.61 Å². The van der Waals surface area contributed by atoms with Crippen molar-refractivity contribution >= 4 is 21.8 Å². The molecule has 0 aliphatic carbocycles. The number of amides is 1. The summed E-state index contributed by atoms with van der Waals surface area (Å²) in [5.41, 5.74) is 0.196. The van der Waals surface area contributed by atoms with Gasteiger partial charge in [-0.1, -0.05) is 22.9 Å². The van der Waals surface area contributed by atoms with Gasteiger partial charge in [-0.25, -0.2) is 0 Å². The Morgan fingerprint density at radius 2 is 2.25 bits per heavy atom. The number of carbonyl (C=O) groups is 1. The van der Waals surface area contributed by atoms with Crippen LogP contribution in [0.4, 0.5) is 0 Å². The Bertz CT molecular complexity index is 377. The first-order chi connectivity index (χ1) is 7.58. The number of hydrogen-bond acceptors (Lipinski definition) is 3. The molecule has 16 heavy (non-hydrogen) atoms. The maximum absolute atomic E-state index is 11.7. The molecule has 0 fully saturated rings. The molecule has 88 valence electrons. The van der Waals surface area contributed by atoms with Gasteiger partial charge in [-0.2, -0.15) is 0 Å². The molecule has 0 aliphatic heterocycles. The number of phenolic OH excluding ortho intramolecular Hbond substituents is 1. The standard InChI is InChI=1S/C11H14BrNO3/c1-2-8(6-14)13-11(16)9-5-7(12)3-4-10(9)15/h3-5,8,14-15H,2,6H2,1H3,(H,13,16)/t8-/m1/s1. The zero-order valence-corrected chi connectivity index (χ0v) is 10.5. The fourth-order valence-electron chi connectivity index (χ4n) is 1.23. The molecule has 1 rings (SSSR count). The Morgan fingerprint density at radius 1 is 1.56 bits per heavy atom. The van der Waals surface area contributed by atoms with Crippen molar-refractivity contribution in [1.29, 1.82) is 0 Å². The lowest BCUT2D eigenvalue weighted by Gasteiger charge is -2.14. The number of aliphatic hydroxyl groups excluding tert-OH is 1. The number of phenols is 1. The molecule has 0 aromatic heterocycles. The molecule has 0 saturated heterocycles. The summed E-state index contributed by atoms with van der Waals surface area (Å²) in [4.78, 5) is 11.7. The molecule has 1 aromatic carbocycles. The van der Waals surface area contributed by atoms with Crippen LogP contribution in [0.3, 0.4) is 0 Å². The van der Waals surface area contributed by atoms with Crippen LogP contribution in [0.1, 0.15) is 23.7 Å². The topological polar surface area (TPSA) is 69.6 Å². The smallest absolute Gasteiger partial charge is 0.255 e. The van der Waals surface area contributed by atoms with E-state index in [1.807, 2.05) is 6.92 Å². The number of aliphatic hydroxyl groups is 1. The van der Waals surface area contributed by atoms with Gasteiger partial charge >= 0.3 is 0 Å². The van der Waals surface area contributed by atoms with Gasteiger partial charge in [0.05, 0.1) is 18.2 Å². The van der Waals surface area contributed by atoms with Crippen LogP contribution in [0.25, 0.3) is 0 Å². The van der Waals surface area contributed by atoms with E-state index >= 15 is 0 Å². The monoisotopic (exact) mass is 287 g/mol. The van der Waals surface area contributed by atoms with Gasteiger partial charge in [-0.05, 0) is 24.6 Å². The average molecular weight is 288 g/mol. The molecule has 1 atom stereocenters. The van der Waals surface area contributed by atoms with E-state index in [0.29, 0.717) is 10.9 Å². The van der Waals surface area contributed by atoms with Gasteiger partial charge in [-0.3, -0.25) is 4.79 Å². The maximum atomic E-state index is 11.7. The van der Waals surface area contributed by atoms with Crippen molar-refractivity contribution in [1.82, 2.24) is 5.32 Å². The largest absolute Gasteiger partial charge is 0.507 e. The zero-order chi connectivity index (χ0) is 12.1. The van der Waals surface area contributed by atoms with Crippen molar-refractivity contribution in [3.63, 3.8) is 0 Å². The molecule has 0 heterocycles. The summed E-state index contributed by atoms with van der Waals surface area (Å²) >= 11 is 3.22. The predicted molar refractivity (Wildman–Crippen MR) is 64.4 cm³/mol. The molecule has 1 aromatic rings. The van der Waals surface area contributed by atoms with Crippen LogP contribution in [0.15, 0.2) is 22.7 Å². The Hall–Kier alpha value is -1.07. The number of nitrogens with one attached hydrogen (secondary N) is 1. The maximum Gasteiger partial charge on any atom is 0.255 e. The third-order valence-electron chi connectivity index (χ3n) is 2.25. The summed E-state index contributed by atoms with van der Waals surface area (Å²) in [6.07, 6.45) is 0.636. The van der Waals surface area contributed by atoms with Crippen LogP contribution in [0.5, 0.6) is 5.75 Å². The molecule has 4 nitrogen and oxygen atoms in total. The summed E-state index contributed by atoms with van der Waals surface area (Å²) in [7, 11) is 0. The number of benzene rings is 1. The second-order valence-electron chi connectivity index (χ2n) is 3.42. The second-order valence-corrected chi connectivity index (χ2v) is 4.34. The predicted octanol–water partition coefficient (Wildman–Crippen LogP) is 1.66. The molecule has 0 aliphatic rings. The van der Waals surface area contributed by atoms with E-state index in [4.69, 9.17) is 5.11 Å². The van der Waals surface area contributed by atoms with Crippen molar-refractivity contribution < 1.29 is 15.0 Å². The minimum atomic E-state index is -0.389. The molecule has 0 bridgehead atoms. The number of halogens is 1. The number of carbonyl (C=O) groups excluding carboxylic acids is 1. The van der Waals surface area contributed by atoms with Crippen LogP contribution in [0, 0.1) is 0 Å². The summed E-state index contributed by atoms with van der Waals surface area (Å²) in [6, 6.07) is 4.34. The summed E-state index contributed by atoms with van der Waals surface area (Å²) in [5, 5.41) is 21.1. The molecule has 5 heteroatoms. The highest BCUT2D eigenvalue weighted by atomic mass is 79.9. The number of rotatable bonds is 4. The number of hydrogen-bond donors (Lipinski definition) is 3. The van der Waals surface area contributed by atoms with E-state index in [-0.39, 0.29) is 29.9 Å². The lowest BCUT2D eigenvalue weighted by atomic mass is 10.1. The molecular weight excluding hydrogens is 274 g/mol. The first-order valence-electron chi connectivity index (χ1n) is 4.98. The fraction of sp³-hybridized carbons (Fsp3) is 0.364. The molecule has 0 radical (unpaired) electrons. The van der Waals surface area contributed by atoms with Gasteiger partial charge in [0.15, 0.2) is 0 Å². The van der Waals surface area contributed by atoms with Crippen molar-refractivity contribution in [2.24, 2.45) is 0 Å². The Kier molecular flexibility index (Phi) is 4.76. The highest BCUT2D eigenvalue weighted by Crippen LogP contribution is 2.21. The van der Waals surface area contributed by atoms with Gasteiger partial charge < -0.3 is 15.5 Å². The minimum absolute atomic E-state index is 0.0755. The van der Waals surface area contributed by atoms with Crippen molar-refractivity contribution in [3.05, 3.63) is 28.2 Å². The summed E-state index contributed by atoms with van der Waals surface area (Å²) in [6.45, 7) is 1.75. The van der Waals surface area contributed by atoms with Crippen LogP contribution in [-0.4, -0.2) is 28.8 Å². The van der Waals surface area contributed by atoms with Gasteiger partial charge in [0.2, 0.25) is 0 Å². The first-order valence-corrected chi connectivity index (χ1v) is 5.78. The molecule has 1 amide bonds. The summed E-state index contributed by atoms with van der Waals surface area (Å²) < 4.78 is 0.715. The third kappa shape index (κ3) is 3.21. The lowest BCUT2D eigenvalue weighted by molar-refractivity contribution is 0.0912. The Labute approximate surface area is 102 Å². The van der Waals surface area contributed by atoms with E-state index in [1.165, 1.54) is 12.1 Å². The average Bonchev–Trinajstić information content (AvgIpc) is 2.28. The molecule has 3 N–H and O–H groups in total. The number of aromatic hydroxyl groups is 1. The Morgan fingerprint density at radius 3 is 2.81 bits per heavy atom. The van der Waals surface area contributed by atoms with Gasteiger partial charge in [0.1, 0.15) is 5.75 Å². The van der Waals surface area contributed by atoms with Gasteiger partial charge in [-0.15, -0.1) is 0 Å². The first kappa shape index (κ1) is 13.0. The third-order valence-corrected chi connectivity index (χ3v) is 2.74. The normalized spacial score (nSPS) is 12.2. The highest BCUT2D eigenvalue weighted by molar-refractivity contribution is 9.10. The van der Waals surface area contributed by atoms with Gasteiger partial charge in [0.25, 0.3) is 5.91 Å². The van der Waals surface area contributed by atoms with E-state index in [1.54, 1.807) is 6.07 Å². The molecule has 0 spiro atoms. The van der Waals surface area contributed by atoms with Crippen LogP contribution >= 0.6 is 15.9 Å². The molecule has 0 unspecified atom stereocenters. The lowest BCUT2D eigenvalue weighted by Crippen LogP contribution is -2.36. The fourth-order valence-corrected chi connectivity index (χ4v) is 1.59. The van der Waals surface area contributed by atoms with Crippen molar-refractivity contribution in [2.45, 2.75) is 19.4 Å². The summed E-state index contributed by atoms with van der Waals surface area (Å²) in [5.74, 6) is -0.465. The molecular formula is C11H14BrNO3. The van der Waals surface area contributed by atoms with Crippen LogP contribution in [0.2, 0.25) is 0 Å². The van der Waals surface area contributed by atoms with Crippen molar-refractivity contribution in [3.8, 4) is 5.75 Å².